The summed E-state index contributed by atoms with van der Waals surface area (Å²) in [6.07, 6.45) is 0.384. The Morgan fingerprint density at radius 2 is 2.22 bits per heavy atom. The molecule has 0 spiro atoms. The van der Waals surface area contributed by atoms with Crippen LogP contribution in [0.2, 0.25) is 5.02 Å². The summed E-state index contributed by atoms with van der Waals surface area (Å²) in [4.78, 5) is 14.7. The lowest BCUT2D eigenvalue weighted by Crippen LogP contribution is -2.31. The lowest BCUT2D eigenvalue weighted by Gasteiger charge is -2.18. The van der Waals surface area contributed by atoms with E-state index in [-0.39, 0.29) is 11.8 Å². The van der Waals surface area contributed by atoms with Crippen LogP contribution in [0.1, 0.15) is 29.5 Å². The molecule has 1 aromatic carbocycles. The summed E-state index contributed by atoms with van der Waals surface area (Å²) in [5.41, 5.74) is 1.60. The van der Waals surface area contributed by atoms with Crippen molar-refractivity contribution in [2.75, 3.05) is 13.1 Å². The quantitative estimate of drug-likeness (QED) is 0.936. The SMILES string of the molecule is Cc1onc(-c2ccccc2Cl)c1C(=O)N1CCC(C(C)O)C1. The minimum Gasteiger partial charge on any atom is -0.393 e. The summed E-state index contributed by atoms with van der Waals surface area (Å²) < 4.78 is 5.25. The van der Waals surface area contributed by atoms with Gasteiger partial charge in [-0.15, -0.1) is 0 Å². The second-order valence-corrected chi connectivity index (χ2v) is 6.39. The van der Waals surface area contributed by atoms with Crippen LogP contribution in [0, 0.1) is 12.8 Å². The van der Waals surface area contributed by atoms with Gasteiger partial charge >= 0.3 is 0 Å². The van der Waals surface area contributed by atoms with Gasteiger partial charge in [0.15, 0.2) is 0 Å². The topological polar surface area (TPSA) is 66.6 Å². The number of aromatic nitrogens is 1. The molecule has 1 aliphatic rings. The number of rotatable bonds is 3. The van der Waals surface area contributed by atoms with Crippen LogP contribution >= 0.6 is 11.6 Å². The summed E-state index contributed by atoms with van der Waals surface area (Å²) in [6, 6.07) is 7.25. The molecule has 122 valence electrons. The number of hydrogen-bond acceptors (Lipinski definition) is 4. The molecule has 0 bridgehead atoms. The smallest absolute Gasteiger partial charge is 0.259 e. The van der Waals surface area contributed by atoms with E-state index in [4.69, 9.17) is 16.1 Å². The molecule has 2 unspecified atom stereocenters. The molecule has 1 aromatic heterocycles. The van der Waals surface area contributed by atoms with Gasteiger partial charge < -0.3 is 14.5 Å². The van der Waals surface area contributed by atoms with Crippen LogP contribution in [0.5, 0.6) is 0 Å². The number of hydrogen-bond donors (Lipinski definition) is 1. The molecule has 23 heavy (non-hydrogen) atoms. The number of benzene rings is 1. The van der Waals surface area contributed by atoms with Crippen LogP contribution in [-0.4, -0.2) is 40.3 Å². The summed E-state index contributed by atoms with van der Waals surface area (Å²) >= 11 is 6.23. The highest BCUT2D eigenvalue weighted by Gasteiger charge is 2.33. The summed E-state index contributed by atoms with van der Waals surface area (Å²) in [5, 5.41) is 14.3. The highest BCUT2D eigenvalue weighted by atomic mass is 35.5. The van der Waals surface area contributed by atoms with Crippen molar-refractivity contribution in [1.29, 1.82) is 0 Å². The normalized spacial score (nSPS) is 19.1. The number of aliphatic hydroxyl groups excluding tert-OH is 1. The Morgan fingerprint density at radius 1 is 1.48 bits per heavy atom. The number of halogens is 1. The van der Waals surface area contributed by atoms with Gasteiger partial charge in [-0.25, -0.2) is 0 Å². The molecule has 6 heteroatoms. The molecule has 3 rings (SSSR count). The molecule has 5 nitrogen and oxygen atoms in total. The molecule has 2 aromatic rings. The van der Waals surface area contributed by atoms with Crippen LogP contribution in [-0.2, 0) is 0 Å². The predicted octanol–water partition coefficient (Wildman–Crippen LogP) is 3.15. The third-order valence-corrected chi connectivity index (χ3v) is 4.73. The van der Waals surface area contributed by atoms with Crippen molar-refractivity contribution in [2.45, 2.75) is 26.4 Å². The van der Waals surface area contributed by atoms with E-state index in [9.17, 15) is 9.90 Å². The monoisotopic (exact) mass is 334 g/mol. The largest absolute Gasteiger partial charge is 0.393 e. The third kappa shape index (κ3) is 2.99. The van der Waals surface area contributed by atoms with Crippen LogP contribution < -0.4 is 0 Å². The Balaban J connectivity index is 1.94. The van der Waals surface area contributed by atoms with E-state index in [1.54, 1.807) is 24.8 Å². The van der Waals surface area contributed by atoms with Crippen molar-refractivity contribution in [3.8, 4) is 11.3 Å². The number of aliphatic hydroxyl groups is 1. The molecule has 1 aliphatic heterocycles. The van der Waals surface area contributed by atoms with Gasteiger partial charge in [-0.2, -0.15) is 0 Å². The minimum absolute atomic E-state index is 0.114. The Bertz CT molecular complexity index is 726. The second kappa shape index (κ2) is 6.34. The average molecular weight is 335 g/mol. The van der Waals surface area contributed by atoms with E-state index in [0.717, 1.165) is 6.42 Å². The van der Waals surface area contributed by atoms with E-state index in [0.29, 0.717) is 40.7 Å². The Labute approximate surface area is 139 Å². The zero-order valence-corrected chi connectivity index (χ0v) is 13.9. The van der Waals surface area contributed by atoms with Crippen molar-refractivity contribution in [3.63, 3.8) is 0 Å². The van der Waals surface area contributed by atoms with Gasteiger partial charge in [-0.3, -0.25) is 4.79 Å². The first-order valence-corrected chi connectivity index (χ1v) is 8.05. The van der Waals surface area contributed by atoms with Crippen molar-refractivity contribution >= 4 is 17.5 Å². The van der Waals surface area contributed by atoms with Crippen LogP contribution in [0.3, 0.4) is 0 Å². The maximum absolute atomic E-state index is 12.9. The number of nitrogens with zero attached hydrogens (tertiary/aromatic N) is 2. The zero-order valence-electron chi connectivity index (χ0n) is 13.1. The molecule has 1 saturated heterocycles. The van der Waals surface area contributed by atoms with Gasteiger partial charge in [0.2, 0.25) is 0 Å². The van der Waals surface area contributed by atoms with Crippen molar-refractivity contribution in [2.24, 2.45) is 5.92 Å². The van der Waals surface area contributed by atoms with E-state index in [2.05, 4.69) is 5.16 Å². The molecule has 2 atom stereocenters. The average Bonchev–Trinajstić information content (AvgIpc) is 3.14. The molecule has 0 aliphatic carbocycles. The number of carbonyl (C=O) groups excluding carboxylic acids is 1. The van der Waals surface area contributed by atoms with Gasteiger partial charge in [0, 0.05) is 24.6 Å². The van der Waals surface area contributed by atoms with Gasteiger partial charge in [0.05, 0.1) is 11.1 Å². The molecule has 1 amide bonds. The van der Waals surface area contributed by atoms with E-state index in [1.165, 1.54) is 0 Å². The molecular formula is C17H19ClN2O3. The van der Waals surface area contributed by atoms with Crippen molar-refractivity contribution in [3.05, 3.63) is 40.6 Å². The first-order valence-electron chi connectivity index (χ1n) is 7.67. The molecule has 1 N–H and O–H groups in total. The number of aryl methyl sites for hydroxylation is 1. The number of amides is 1. The van der Waals surface area contributed by atoms with Gasteiger partial charge in [0.25, 0.3) is 5.91 Å². The standard InChI is InChI=1S/C17H19ClN2O3/c1-10(21)12-7-8-20(9-12)17(22)15-11(2)23-19-16(15)13-5-3-4-6-14(13)18/h3-6,10,12,21H,7-9H2,1-2H3. The summed E-state index contributed by atoms with van der Waals surface area (Å²) in [6.45, 7) is 4.66. The Hall–Kier alpha value is -1.85. The number of carbonyl (C=O) groups is 1. The maximum atomic E-state index is 12.9. The van der Waals surface area contributed by atoms with E-state index < -0.39 is 6.10 Å². The van der Waals surface area contributed by atoms with Gasteiger partial charge in [0.1, 0.15) is 17.0 Å². The summed E-state index contributed by atoms with van der Waals surface area (Å²) in [7, 11) is 0. The first-order chi connectivity index (χ1) is 11.0. The molecule has 2 heterocycles. The fourth-order valence-electron chi connectivity index (χ4n) is 2.98. The Morgan fingerprint density at radius 3 is 2.87 bits per heavy atom. The summed E-state index contributed by atoms with van der Waals surface area (Å²) in [5.74, 6) is 0.468. The predicted molar refractivity (Wildman–Crippen MR) is 87.4 cm³/mol. The zero-order chi connectivity index (χ0) is 16.6. The molecule has 0 radical (unpaired) electrons. The van der Waals surface area contributed by atoms with E-state index >= 15 is 0 Å². The lowest BCUT2D eigenvalue weighted by atomic mass is 10.0. The van der Waals surface area contributed by atoms with Crippen molar-refractivity contribution < 1.29 is 14.4 Å². The van der Waals surface area contributed by atoms with Gasteiger partial charge in [-0.05, 0) is 26.3 Å². The fourth-order valence-corrected chi connectivity index (χ4v) is 3.21. The number of likely N-dealkylation sites (tertiary alicyclic amines) is 1. The van der Waals surface area contributed by atoms with Crippen LogP contribution in [0.4, 0.5) is 0 Å². The second-order valence-electron chi connectivity index (χ2n) is 5.98. The lowest BCUT2D eigenvalue weighted by molar-refractivity contribution is 0.0761. The van der Waals surface area contributed by atoms with E-state index in [1.807, 2.05) is 18.2 Å². The van der Waals surface area contributed by atoms with Crippen LogP contribution in [0.15, 0.2) is 28.8 Å². The Kier molecular flexibility index (Phi) is 4.41. The maximum Gasteiger partial charge on any atom is 0.259 e. The molecule has 1 fully saturated rings. The fraction of sp³-hybridized carbons (Fsp3) is 0.412. The first kappa shape index (κ1) is 16.0. The van der Waals surface area contributed by atoms with Crippen LogP contribution in [0.25, 0.3) is 11.3 Å². The minimum atomic E-state index is -0.417. The molecular weight excluding hydrogens is 316 g/mol. The van der Waals surface area contributed by atoms with Gasteiger partial charge in [-0.1, -0.05) is 35.0 Å². The third-order valence-electron chi connectivity index (χ3n) is 4.40. The highest BCUT2D eigenvalue weighted by Crippen LogP contribution is 2.32. The highest BCUT2D eigenvalue weighted by molar-refractivity contribution is 6.33. The van der Waals surface area contributed by atoms with Crippen molar-refractivity contribution in [1.82, 2.24) is 10.1 Å². The molecule has 0 saturated carbocycles.